The molecule has 17 heavy (non-hydrogen) atoms. The maximum Gasteiger partial charge on any atom is 0.123 e. The van der Waals surface area contributed by atoms with Crippen LogP contribution in [0.5, 0.6) is 0 Å². The second-order valence-corrected chi connectivity index (χ2v) is 5.71. The minimum absolute atomic E-state index is 0.300. The Morgan fingerprint density at radius 2 is 2.06 bits per heavy atom. The predicted molar refractivity (Wildman–Crippen MR) is 70.4 cm³/mol. The van der Waals surface area contributed by atoms with E-state index in [9.17, 15) is 4.79 Å². The average molecular weight is 245 g/mol. The summed E-state index contributed by atoms with van der Waals surface area (Å²) in [6.07, 6.45) is 5.49. The molecule has 0 atom stereocenters. The minimum Gasteiger partial charge on any atom is -0.303 e. The molecule has 0 radical (unpaired) electrons. The van der Waals surface area contributed by atoms with Crippen LogP contribution in [0, 0.1) is 5.92 Å². The molecular formula is C14H15NOS. The van der Waals surface area contributed by atoms with E-state index in [0.717, 1.165) is 37.5 Å². The number of thiazole rings is 1. The Kier molecular flexibility index (Phi) is 2.93. The Morgan fingerprint density at radius 1 is 1.24 bits per heavy atom. The molecular weight excluding hydrogens is 230 g/mol. The van der Waals surface area contributed by atoms with Crippen molar-refractivity contribution in [2.75, 3.05) is 0 Å². The molecule has 0 spiro atoms. The summed E-state index contributed by atoms with van der Waals surface area (Å²) in [5.41, 5.74) is 4.41. The minimum atomic E-state index is 0.300. The highest BCUT2D eigenvalue weighted by atomic mass is 32.1. The smallest absolute Gasteiger partial charge is 0.123 e. The van der Waals surface area contributed by atoms with Crippen LogP contribution in [0.25, 0.3) is 10.2 Å². The molecule has 0 saturated heterocycles. The van der Waals surface area contributed by atoms with Crippen LogP contribution in [0.15, 0.2) is 23.7 Å². The van der Waals surface area contributed by atoms with Gasteiger partial charge in [0.05, 0.1) is 15.7 Å². The Morgan fingerprint density at radius 3 is 2.82 bits per heavy atom. The molecule has 88 valence electrons. The van der Waals surface area contributed by atoms with Crippen molar-refractivity contribution in [1.29, 1.82) is 0 Å². The maximum absolute atomic E-state index is 10.7. The van der Waals surface area contributed by atoms with Crippen LogP contribution in [-0.4, -0.2) is 11.3 Å². The molecule has 1 aliphatic carbocycles. The second-order valence-electron chi connectivity index (χ2n) is 4.83. The van der Waals surface area contributed by atoms with Crippen molar-refractivity contribution in [3.8, 4) is 0 Å². The third-order valence-corrected chi connectivity index (χ3v) is 4.60. The maximum atomic E-state index is 10.7. The summed E-state index contributed by atoms with van der Waals surface area (Å²) < 4.78 is 1.26. The van der Waals surface area contributed by atoms with Gasteiger partial charge in [-0.2, -0.15) is 0 Å². The fourth-order valence-electron chi connectivity index (χ4n) is 2.72. The highest BCUT2D eigenvalue weighted by Crippen LogP contribution is 2.36. The molecule has 0 aliphatic heterocycles. The first-order valence-corrected chi connectivity index (χ1v) is 7.03. The first-order chi connectivity index (χ1) is 8.36. The summed E-state index contributed by atoms with van der Waals surface area (Å²) in [7, 11) is 0. The first kappa shape index (κ1) is 10.9. The van der Waals surface area contributed by atoms with Crippen molar-refractivity contribution in [2.24, 2.45) is 5.92 Å². The van der Waals surface area contributed by atoms with E-state index in [0.29, 0.717) is 11.8 Å². The topological polar surface area (TPSA) is 30.0 Å². The predicted octanol–water partition coefficient (Wildman–Crippen LogP) is 3.77. The fraction of sp³-hybridized carbons (Fsp3) is 0.429. The summed E-state index contributed by atoms with van der Waals surface area (Å²) in [6.45, 7) is 0. The normalized spacial score (nSPS) is 24.9. The van der Waals surface area contributed by atoms with Crippen molar-refractivity contribution in [1.82, 2.24) is 4.98 Å². The van der Waals surface area contributed by atoms with Crippen molar-refractivity contribution < 1.29 is 4.79 Å². The standard InChI is InChI=1S/C14H15NOS/c16-8-10-1-3-11(4-2-10)12-5-6-14-13(7-12)15-9-17-14/h5-11H,1-4H2. The lowest BCUT2D eigenvalue weighted by atomic mass is 9.79. The average Bonchev–Trinajstić information content (AvgIpc) is 2.86. The summed E-state index contributed by atoms with van der Waals surface area (Å²) >= 11 is 1.69. The molecule has 1 aromatic heterocycles. The number of carbonyl (C=O) groups is 1. The van der Waals surface area contributed by atoms with E-state index in [1.54, 1.807) is 11.3 Å². The van der Waals surface area contributed by atoms with Crippen LogP contribution >= 0.6 is 11.3 Å². The molecule has 0 N–H and O–H groups in total. The lowest BCUT2D eigenvalue weighted by Gasteiger charge is -2.25. The number of fused-ring (bicyclic) bond motifs is 1. The molecule has 0 bridgehead atoms. The summed E-state index contributed by atoms with van der Waals surface area (Å²) in [5.74, 6) is 0.923. The summed E-state index contributed by atoms with van der Waals surface area (Å²) in [5, 5.41) is 0. The van der Waals surface area contributed by atoms with E-state index in [1.807, 2.05) is 5.51 Å². The Labute approximate surface area is 105 Å². The number of rotatable bonds is 2. The Bertz CT molecular complexity index is 526. The van der Waals surface area contributed by atoms with Gasteiger partial charge in [0.1, 0.15) is 6.29 Å². The van der Waals surface area contributed by atoms with Gasteiger partial charge in [-0.3, -0.25) is 0 Å². The van der Waals surface area contributed by atoms with Crippen molar-refractivity contribution in [2.45, 2.75) is 31.6 Å². The third-order valence-electron chi connectivity index (χ3n) is 3.79. The largest absolute Gasteiger partial charge is 0.303 e. The van der Waals surface area contributed by atoms with Crippen LogP contribution in [0.1, 0.15) is 37.2 Å². The lowest BCUT2D eigenvalue weighted by Crippen LogP contribution is -2.14. The van der Waals surface area contributed by atoms with Crippen molar-refractivity contribution in [3.05, 3.63) is 29.3 Å². The van der Waals surface area contributed by atoms with Crippen LogP contribution in [0.4, 0.5) is 0 Å². The fourth-order valence-corrected chi connectivity index (χ4v) is 3.38. The van der Waals surface area contributed by atoms with Gasteiger partial charge in [-0.15, -0.1) is 11.3 Å². The monoisotopic (exact) mass is 245 g/mol. The molecule has 0 unspecified atom stereocenters. The van der Waals surface area contributed by atoms with Gasteiger partial charge in [0.15, 0.2) is 0 Å². The summed E-state index contributed by atoms with van der Waals surface area (Å²) in [4.78, 5) is 15.1. The molecule has 1 aliphatic rings. The van der Waals surface area contributed by atoms with E-state index in [-0.39, 0.29) is 0 Å². The van der Waals surface area contributed by atoms with Gasteiger partial charge in [0.2, 0.25) is 0 Å². The molecule has 2 aromatic rings. The molecule has 3 heteroatoms. The quantitative estimate of drug-likeness (QED) is 0.754. The highest BCUT2D eigenvalue weighted by molar-refractivity contribution is 7.16. The number of hydrogen-bond donors (Lipinski definition) is 0. The number of aromatic nitrogens is 1. The van der Waals surface area contributed by atoms with Gasteiger partial charge >= 0.3 is 0 Å². The molecule has 2 nitrogen and oxygen atoms in total. The van der Waals surface area contributed by atoms with Crippen LogP contribution < -0.4 is 0 Å². The Hall–Kier alpha value is -1.22. The van der Waals surface area contributed by atoms with Crippen molar-refractivity contribution >= 4 is 27.8 Å². The second kappa shape index (κ2) is 4.57. The van der Waals surface area contributed by atoms with Gasteiger partial charge in [-0.1, -0.05) is 6.07 Å². The van der Waals surface area contributed by atoms with Crippen LogP contribution in [0.3, 0.4) is 0 Å². The number of nitrogens with zero attached hydrogens (tertiary/aromatic N) is 1. The van der Waals surface area contributed by atoms with E-state index in [2.05, 4.69) is 23.2 Å². The number of carbonyl (C=O) groups excluding carboxylic acids is 1. The molecule has 1 fully saturated rings. The Balaban J connectivity index is 1.81. The SMILES string of the molecule is O=CC1CCC(c2ccc3scnc3c2)CC1. The number of aldehydes is 1. The molecule has 0 amide bonds. The van der Waals surface area contributed by atoms with Gasteiger partial charge in [-0.25, -0.2) is 4.98 Å². The van der Waals surface area contributed by atoms with Gasteiger partial charge in [-0.05, 0) is 49.3 Å². The number of hydrogen-bond acceptors (Lipinski definition) is 3. The van der Waals surface area contributed by atoms with E-state index in [1.165, 1.54) is 10.3 Å². The lowest BCUT2D eigenvalue weighted by molar-refractivity contribution is -0.111. The molecule has 1 heterocycles. The molecule has 1 saturated carbocycles. The van der Waals surface area contributed by atoms with E-state index < -0.39 is 0 Å². The summed E-state index contributed by atoms with van der Waals surface area (Å²) in [6, 6.07) is 6.62. The molecule has 3 rings (SSSR count). The van der Waals surface area contributed by atoms with Gasteiger partial charge < -0.3 is 4.79 Å². The van der Waals surface area contributed by atoms with E-state index in [4.69, 9.17) is 0 Å². The van der Waals surface area contributed by atoms with Crippen LogP contribution in [0.2, 0.25) is 0 Å². The van der Waals surface area contributed by atoms with Gasteiger partial charge in [0.25, 0.3) is 0 Å². The first-order valence-electron chi connectivity index (χ1n) is 6.15. The molecule has 1 aromatic carbocycles. The van der Waals surface area contributed by atoms with Crippen molar-refractivity contribution in [3.63, 3.8) is 0 Å². The zero-order chi connectivity index (χ0) is 11.7. The zero-order valence-electron chi connectivity index (χ0n) is 9.63. The third kappa shape index (κ3) is 2.12. The zero-order valence-corrected chi connectivity index (χ0v) is 10.5. The van der Waals surface area contributed by atoms with Crippen LogP contribution in [-0.2, 0) is 4.79 Å². The number of benzene rings is 1. The van der Waals surface area contributed by atoms with Gasteiger partial charge in [0, 0.05) is 5.92 Å². The highest BCUT2D eigenvalue weighted by Gasteiger charge is 2.22. The van der Waals surface area contributed by atoms with E-state index >= 15 is 0 Å².